The fourth-order valence-electron chi connectivity index (χ4n) is 3.11. The Morgan fingerprint density at radius 1 is 1.37 bits per heavy atom. The standard InChI is InChI=1S/C13H11F4NO/c14-11-3-8(13(15,16)17)1-2-10(11)12-4-9(12)5-18(6-12)7-19/h1-3,7,9H,4-6H2. The van der Waals surface area contributed by atoms with E-state index in [0.717, 1.165) is 12.5 Å². The molecule has 0 spiro atoms. The Morgan fingerprint density at radius 2 is 2.11 bits per heavy atom. The summed E-state index contributed by atoms with van der Waals surface area (Å²) >= 11 is 0. The highest BCUT2D eigenvalue weighted by Crippen LogP contribution is 2.59. The second-order valence-electron chi connectivity index (χ2n) is 5.28. The van der Waals surface area contributed by atoms with Gasteiger partial charge in [0.05, 0.1) is 5.56 Å². The maximum absolute atomic E-state index is 13.9. The van der Waals surface area contributed by atoms with Crippen LogP contribution in [0.3, 0.4) is 0 Å². The summed E-state index contributed by atoms with van der Waals surface area (Å²) in [4.78, 5) is 12.2. The van der Waals surface area contributed by atoms with E-state index in [-0.39, 0.29) is 5.92 Å². The van der Waals surface area contributed by atoms with Crippen molar-refractivity contribution in [2.24, 2.45) is 5.92 Å². The molecule has 2 unspecified atom stereocenters. The molecular weight excluding hydrogens is 262 g/mol. The second-order valence-corrected chi connectivity index (χ2v) is 5.28. The number of likely N-dealkylation sites (tertiary alicyclic amines) is 1. The van der Waals surface area contributed by atoms with Crippen LogP contribution in [-0.4, -0.2) is 24.4 Å². The fraction of sp³-hybridized carbons (Fsp3) is 0.462. The van der Waals surface area contributed by atoms with Gasteiger partial charge in [-0.05, 0) is 30.0 Å². The molecule has 1 aromatic rings. The number of rotatable bonds is 2. The molecule has 1 saturated carbocycles. The van der Waals surface area contributed by atoms with Gasteiger partial charge in [0.25, 0.3) is 0 Å². The first kappa shape index (κ1) is 12.4. The average molecular weight is 273 g/mol. The number of nitrogens with zero attached hydrogens (tertiary/aromatic N) is 1. The lowest BCUT2D eigenvalue weighted by atomic mass is 9.93. The highest BCUT2D eigenvalue weighted by Gasteiger charge is 2.61. The first-order valence-electron chi connectivity index (χ1n) is 5.93. The predicted octanol–water partition coefficient (Wildman–Crippen LogP) is 2.57. The molecule has 0 N–H and O–H groups in total. The third kappa shape index (κ3) is 1.81. The van der Waals surface area contributed by atoms with Gasteiger partial charge in [-0.1, -0.05) is 6.07 Å². The molecule has 2 nitrogen and oxygen atoms in total. The van der Waals surface area contributed by atoms with Crippen LogP contribution >= 0.6 is 0 Å². The summed E-state index contributed by atoms with van der Waals surface area (Å²) in [7, 11) is 0. The van der Waals surface area contributed by atoms with Gasteiger partial charge >= 0.3 is 6.18 Å². The largest absolute Gasteiger partial charge is 0.416 e. The Balaban J connectivity index is 1.94. The molecule has 2 fully saturated rings. The van der Waals surface area contributed by atoms with E-state index in [0.29, 0.717) is 31.1 Å². The van der Waals surface area contributed by atoms with Crippen LogP contribution in [0.4, 0.5) is 17.6 Å². The van der Waals surface area contributed by atoms with Crippen molar-refractivity contribution in [3.63, 3.8) is 0 Å². The van der Waals surface area contributed by atoms with E-state index in [4.69, 9.17) is 0 Å². The van der Waals surface area contributed by atoms with Crippen LogP contribution in [0, 0.1) is 11.7 Å². The van der Waals surface area contributed by atoms with Crippen LogP contribution in [0.2, 0.25) is 0 Å². The maximum atomic E-state index is 13.9. The van der Waals surface area contributed by atoms with Crippen LogP contribution in [0.1, 0.15) is 17.5 Å². The van der Waals surface area contributed by atoms with Crippen LogP contribution in [-0.2, 0) is 16.4 Å². The molecule has 2 atom stereocenters. The van der Waals surface area contributed by atoms with Crippen molar-refractivity contribution >= 4 is 6.41 Å². The Labute approximate surface area is 107 Å². The molecule has 1 heterocycles. The molecule has 19 heavy (non-hydrogen) atoms. The quantitative estimate of drug-likeness (QED) is 0.599. The zero-order chi connectivity index (χ0) is 13.8. The molecule has 1 saturated heterocycles. The SMILES string of the molecule is O=CN1CC2CC2(c2ccc(C(F)(F)F)cc2F)C1. The summed E-state index contributed by atoms with van der Waals surface area (Å²) in [5.41, 5.74) is -1.14. The van der Waals surface area contributed by atoms with Gasteiger partial charge in [-0.2, -0.15) is 13.2 Å². The minimum Gasteiger partial charge on any atom is -0.344 e. The van der Waals surface area contributed by atoms with Gasteiger partial charge in [-0.25, -0.2) is 4.39 Å². The minimum absolute atomic E-state index is 0.170. The number of fused-ring (bicyclic) bond motifs is 1. The zero-order valence-electron chi connectivity index (χ0n) is 9.88. The Morgan fingerprint density at radius 3 is 2.63 bits per heavy atom. The van der Waals surface area contributed by atoms with E-state index in [2.05, 4.69) is 0 Å². The van der Waals surface area contributed by atoms with Gasteiger partial charge in [0, 0.05) is 18.5 Å². The molecule has 0 radical (unpaired) electrons. The van der Waals surface area contributed by atoms with E-state index in [9.17, 15) is 22.4 Å². The highest BCUT2D eigenvalue weighted by atomic mass is 19.4. The molecule has 6 heteroatoms. The molecular formula is C13H11F4NO. The van der Waals surface area contributed by atoms with Crippen molar-refractivity contribution in [3.8, 4) is 0 Å². The van der Waals surface area contributed by atoms with Gasteiger partial charge in [0.1, 0.15) is 5.82 Å². The highest BCUT2D eigenvalue weighted by molar-refractivity contribution is 5.52. The van der Waals surface area contributed by atoms with Crippen molar-refractivity contribution in [1.82, 2.24) is 4.90 Å². The first-order valence-corrected chi connectivity index (χ1v) is 5.93. The predicted molar refractivity (Wildman–Crippen MR) is 58.8 cm³/mol. The summed E-state index contributed by atoms with van der Waals surface area (Å²) in [5, 5.41) is 0. The summed E-state index contributed by atoms with van der Waals surface area (Å²) in [5.74, 6) is -0.658. The number of carbonyl (C=O) groups is 1. The van der Waals surface area contributed by atoms with Crippen LogP contribution in [0.15, 0.2) is 18.2 Å². The van der Waals surface area contributed by atoms with Gasteiger partial charge in [0.15, 0.2) is 0 Å². The van der Waals surface area contributed by atoms with Crippen LogP contribution in [0.5, 0.6) is 0 Å². The molecule has 1 aliphatic carbocycles. The lowest BCUT2D eigenvalue weighted by Crippen LogP contribution is -2.25. The summed E-state index contributed by atoms with van der Waals surface area (Å²) < 4.78 is 51.4. The number of carbonyl (C=O) groups excluding carboxylic acids is 1. The van der Waals surface area contributed by atoms with Gasteiger partial charge in [-0.3, -0.25) is 4.79 Å². The van der Waals surface area contributed by atoms with E-state index >= 15 is 0 Å². The average Bonchev–Trinajstić information content (AvgIpc) is 2.90. The van der Waals surface area contributed by atoms with Crippen molar-refractivity contribution in [2.75, 3.05) is 13.1 Å². The normalized spacial score (nSPS) is 29.3. The van der Waals surface area contributed by atoms with Crippen molar-refractivity contribution < 1.29 is 22.4 Å². The number of benzene rings is 1. The zero-order valence-corrected chi connectivity index (χ0v) is 9.88. The van der Waals surface area contributed by atoms with E-state index < -0.39 is 23.0 Å². The molecule has 3 rings (SSSR count). The number of hydrogen-bond acceptors (Lipinski definition) is 1. The summed E-state index contributed by atoms with van der Waals surface area (Å²) in [6.45, 7) is 0.952. The fourth-order valence-corrected chi connectivity index (χ4v) is 3.11. The topological polar surface area (TPSA) is 20.3 Å². The third-order valence-electron chi connectivity index (χ3n) is 4.15. The van der Waals surface area contributed by atoms with E-state index in [1.807, 2.05) is 0 Å². The van der Waals surface area contributed by atoms with Gasteiger partial charge in [-0.15, -0.1) is 0 Å². The number of halogens is 4. The van der Waals surface area contributed by atoms with E-state index in [1.54, 1.807) is 4.90 Å². The van der Waals surface area contributed by atoms with Crippen LogP contribution < -0.4 is 0 Å². The van der Waals surface area contributed by atoms with Crippen LogP contribution in [0.25, 0.3) is 0 Å². The van der Waals surface area contributed by atoms with Crippen molar-refractivity contribution in [1.29, 1.82) is 0 Å². The Bertz CT molecular complexity index is 542. The molecule has 0 aromatic heterocycles. The Hall–Kier alpha value is -1.59. The molecule has 0 bridgehead atoms. The van der Waals surface area contributed by atoms with Crippen molar-refractivity contribution in [3.05, 3.63) is 35.1 Å². The molecule has 1 aliphatic heterocycles. The first-order chi connectivity index (χ1) is 8.87. The minimum atomic E-state index is -4.54. The smallest absolute Gasteiger partial charge is 0.344 e. The van der Waals surface area contributed by atoms with Crippen molar-refractivity contribution in [2.45, 2.75) is 18.0 Å². The molecule has 1 amide bonds. The number of piperidine rings is 1. The third-order valence-corrected chi connectivity index (χ3v) is 4.15. The van der Waals surface area contributed by atoms with Gasteiger partial charge < -0.3 is 4.90 Å². The van der Waals surface area contributed by atoms with E-state index in [1.165, 1.54) is 6.07 Å². The summed E-state index contributed by atoms with van der Waals surface area (Å²) in [6.07, 6.45) is -3.10. The second kappa shape index (κ2) is 3.71. The number of amides is 1. The molecule has 1 aromatic carbocycles. The lowest BCUT2D eigenvalue weighted by molar-refractivity contribution is -0.137. The lowest BCUT2D eigenvalue weighted by Gasteiger charge is -2.18. The monoisotopic (exact) mass is 273 g/mol. The molecule has 102 valence electrons. The number of hydrogen-bond donors (Lipinski definition) is 0. The maximum Gasteiger partial charge on any atom is 0.416 e. The van der Waals surface area contributed by atoms with Gasteiger partial charge in [0.2, 0.25) is 6.41 Å². The molecule has 2 aliphatic rings. The number of alkyl halides is 3. The Kier molecular flexibility index (Phi) is 2.43. The summed E-state index contributed by atoms with van der Waals surface area (Å²) in [6, 6.07) is 2.67.